The van der Waals surface area contributed by atoms with E-state index in [4.69, 9.17) is 6.42 Å². The molecule has 0 bridgehead atoms. The summed E-state index contributed by atoms with van der Waals surface area (Å²) >= 11 is 0. The Hall–Kier alpha value is -1.27. The van der Waals surface area contributed by atoms with E-state index in [2.05, 4.69) is 23.1 Å². The lowest BCUT2D eigenvalue weighted by molar-refractivity contribution is 0.616. The third-order valence-electron chi connectivity index (χ3n) is 1.79. The number of imidazole rings is 1. The number of terminal acetylenes is 1. The first kappa shape index (κ1) is 9.82. The third kappa shape index (κ3) is 2.60. The molecule has 1 atom stereocenters. The fourth-order valence-electron chi connectivity index (χ4n) is 1.12. The van der Waals surface area contributed by atoms with E-state index < -0.39 is 0 Å². The molecule has 0 aliphatic rings. The first-order chi connectivity index (χ1) is 6.27. The Kier molecular flexibility index (Phi) is 3.53. The molecule has 1 aromatic heterocycles. The Bertz CT molecular complexity index is 295. The third-order valence-corrected chi connectivity index (χ3v) is 1.79. The Morgan fingerprint density at radius 3 is 3.00 bits per heavy atom. The van der Waals surface area contributed by atoms with Crippen molar-refractivity contribution in [3.63, 3.8) is 0 Å². The van der Waals surface area contributed by atoms with Crippen molar-refractivity contribution in [3.8, 4) is 12.3 Å². The lowest BCUT2D eigenvalue weighted by atomic mass is 10.2. The van der Waals surface area contributed by atoms with E-state index >= 15 is 0 Å². The van der Waals surface area contributed by atoms with Gasteiger partial charge in [0.05, 0.1) is 12.0 Å². The quantitative estimate of drug-likeness (QED) is 0.698. The summed E-state index contributed by atoms with van der Waals surface area (Å²) in [6.07, 6.45) is 10.2. The summed E-state index contributed by atoms with van der Waals surface area (Å²) in [6, 6.07) is -0.0545. The molecular weight excluding hydrogens is 162 g/mol. The maximum Gasteiger partial charge on any atom is 0.113 e. The van der Waals surface area contributed by atoms with Gasteiger partial charge in [-0.1, -0.05) is 12.8 Å². The molecule has 0 spiro atoms. The fraction of sp³-hybridized carbons (Fsp3) is 0.500. The highest BCUT2D eigenvalue weighted by molar-refractivity contribution is 5.15. The lowest BCUT2D eigenvalue weighted by Crippen LogP contribution is -2.20. The van der Waals surface area contributed by atoms with E-state index in [-0.39, 0.29) is 6.04 Å². The van der Waals surface area contributed by atoms with Crippen LogP contribution in [0.3, 0.4) is 0 Å². The second-order valence-electron chi connectivity index (χ2n) is 3.02. The van der Waals surface area contributed by atoms with Crippen LogP contribution in [-0.4, -0.2) is 16.1 Å². The molecule has 13 heavy (non-hydrogen) atoms. The zero-order valence-electron chi connectivity index (χ0n) is 8.12. The summed E-state index contributed by atoms with van der Waals surface area (Å²) < 4.78 is 1.90. The van der Waals surface area contributed by atoms with E-state index in [9.17, 15) is 0 Å². The van der Waals surface area contributed by atoms with Crippen LogP contribution >= 0.6 is 0 Å². The van der Waals surface area contributed by atoms with Crippen molar-refractivity contribution in [1.82, 2.24) is 14.9 Å². The Morgan fingerprint density at radius 1 is 1.77 bits per heavy atom. The second-order valence-corrected chi connectivity index (χ2v) is 3.02. The molecule has 3 nitrogen and oxygen atoms in total. The molecule has 0 amide bonds. The van der Waals surface area contributed by atoms with Gasteiger partial charge in [-0.25, -0.2) is 4.98 Å². The number of aryl methyl sites for hydroxylation is 1. The topological polar surface area (TPSA) is 29.9 Å². The minimum absolute atomic E-state index is 0.0545. The van der Waals surface area contributed by atoms with Gasteiger partial charge in [0.15, 0.2) is 0 Å². The first-order valence-electron chi connectivity index (χ1n) is 4.45. The van der Waals surface area contributed by atoms with E-state index in [1.54, 1.807) is 6.33 Å². The molecule has 70 valence electrons. The zero-order valence-corrected chi connectivity index (χ0v) is 8.12. The van der Waals surface area contributed by atoms with Crippen LogP contribution in [0.1, 0.15) is 25.1 Å². The normalized spacial score (nSPS) is 12.4. The minimum Gasteiger partial charge on any atom is -0.340 e. The fourth-order valence-corrected chi connectivity index (χ4v) is 1.12. The highest BCUT2D eigenvalue weighted by atomic mass is 15.0. The molecule has 0 fully saturated rings. The molecule has 0 aliphatic heterocycles. The predicted molar refractivity (Wildman–Crippen MR) is 53.1 cm³/mol. The first-order valence-corrected chi connectivity index (χ1v) is 4.45. The summed E-state index contributed by atoms with van der Waals surface area (Å²) in [5, 5.41) is 3.24. The molecule has 3 heteroatoms. The van der Waals surface area contributed by atoms with Crippen molar-refractivity contribution in [2.45, 2.75) is 19.4 Å². The number of nitrogens with one attached hydrogen (secondary N) is 1. The molecule has 1 heterocycles. The van der Waals surface area contributed by atoms with Gasteiger partial charge in [-0.3, -0.25) is 5.32 Å². The second kappa shape index (κ2) is 4.68. The summed E-state index contributed by atoms with van der Waals surface area (Å²) in [5.74, 6) is 2.68. The van der Waals surface area contributed by atoms with Crippen LogP contribution in [-0.2, 0) is 7.05 Å². The van der Waals surface area contributed by atoms with Crippen LogP contribution < -0.4 is 5.32 Å². The van der Waals surface area contributed by atoms with E-state index in [0.717, 1.165) is 18.7 Å². The van der Waals surface area contributed by atoms with Gasteiger partial charge in [-0.2, -0.15) is 0 Å². The summed E-state index contributed by atoms with van der Waals surface area (Å²) in [4.78, 5) is 4.20. The molecular formula is C10H15N3. The standard InChI is InChI=1S/C10H15N3/c1-4-6-11-9(5-2)10-7-13(3)8-12-10/h2,7-9,11H,4,6H2,1,3H3. The highest BCUT2D eigenvalue weighted by Crippen LogP contribution is 2.07. The van der Waals surface area contributed by atoms with Crippen LogP contribution in [0.2, 0.25) is 0 Å². The summed E-state index contributed by atoms with van der Waals surface area (Å²) in [6.45, 7) is 3.03. The maximum atomic E-state index is 5.39. The van der Waals surface area contributed by atoms with Gasteiger partial charge in [0.25, 0.3) is 0 Å². The monoisotopic (exact) mass is 177 g/mol. The van der Waals surface area contributed by atoms with E-state index in [0.29, 0.717) is 0 Å². The summed E-state index contributed by atoms with van der Waals surface area (Å²) in [5.41, 5.74) is 0.915. The van der Waals surface area contributed by atoms with Crippen LogP contribution in [0.5, 0.6) is 0 Å². The smallest absolute Gasteiger partial charge is 0.113 e. The number of rotatable bonds is 4. The molecule has 1 aromatic rings. The van der Waals surface area contributed by atoms with Crippen molar-refractivity contribution < 1.29 is 0 Å². The van der Waals surface area contributed by atoms with E-state index in [1.807, 2.05) is 17.8 Å². The van der Waals surface area contributed by atoms with Crippen molar-refractivity contribution in [2.75, 3.05) is 6.54 Å². The van der Waals surface area contributed by atoms with Crippen LogP contribution in [0.25, 0.3) is 0 Å². The van der Waals surface area contributed by atoms with Gasteiger partial charge in [0.2, 0.25) is 0 Å². The SMILES string of the molecule is C#CC(NCCC)c1cn(C)cn1. The largest absolute Gasteiger partial charge is 0.340 e. The Balaban J connectivity index is 2.63. The minimum atomic E-state index is -0.0545. The van der Waals surface area contributed by atoms with Gasteiger partial charge >= 0.3 is 0 Å². The molecule has 1 N–H and O–H groups in total. The molecule has 0 saturated carbocycles. The van der Waals surface area contributed by atoms with Gasteiger partial charge in [0.1, 0.15) is 6.04 Å². The van der Waals surface area contributed by atoms with Gasteiger partial charge in [-0.05, 0) is 13.0 Å². The van der Waals surface area contributed by atoms with Crippen LogP contribution in [0.15, 0.2) is 12.5 Å². The average Bonchev–Trinajstić information content (AvgIpc) is 2.54. The molecule has 0 saturated heterocycles. The van der Waals surface area contributed by atoms with Gasteiger partial charge in [0, 0.05) is 13.2 Å². The van der Waals surface area contributed by atoms with E-state index in [1.165, 1.54) is 0 Å². The number of hydrogen-bond acceptors (Lipinski definition) is 2. The number of aromatic nitrogens is 2. The van der Waals surface area contributed by atoms with Gasteiger partial charge in [-0.15, -0.1) is 6.42 Å². The lowest BCUT2D eigenvalue weighted by Gasteiger charge is -2.08. The van der Waals surface area contributed by atoms with Crippen molar-refractivity contribution in [2.24, 2.45) is 7.05 Å². The summed E-state index contributed by atoms with van der Waals surface area (Å²) in [7, 11) is 1.93. The molecule has 0 aliphatic carbocycles. The van der Waals surface area contributed by atoms with Crippen molar-refractivity contribution in [3.05, 3.63) is 18.2 Å². The van der Waals surface area contributed by atoms with Crippen molar-refractivity contribution >= 4 is 0 Å². The molecule has 0 radical (unpaired) electrons. The Morgan fingerprint density at radius 2 is 2.54 bits per heavy atom. The van der Waals surface area contributed by atoms with Crippen LogP contribution in [0, 0.1) is 12.3 Å². The van der Waals surface area contributed by atoms with Crippen LogP contribution in [0.4, 0.5) is 0 Å². The number of hydrogen-bond donors (Lipinski definition) is 1. The maximum absolute atomic E-state index is 5.39. The molecule has 1 unspecified atom stereocenters. The van der Waals surface area contributed by atoms with Gasteiger partial charge < -0.3 is 4.57 Å². The Labute approximate surface area is 79.2 Å². The highest BCUT2D eigenvalue weighted by Gasteiger charge is 2.08. The molecule has 0 aromatic carbocycles. The number of nitrogens with zero attached hydrogens (tertiary/aromatic N) is 2. The van der Waals surface area contributed by atoms with Crippen molar-refractivity contribution in [1.29, 1.82) is 0 Å². The predicted octanol–water partition coefficient (Wildman–Crippen LogP) is 1.09. The molecule has 1 rings (SSSR count). The average molecular weight is 177 g/mol. The zero-order chi connectivity index (χ0) is 9.68.